The molecule has 7 nitrogen and oxygen atoms in total. The first-order chi connectivity index (χ1) is 12.2. The molecule has 4 rings (SSSR count). The molecule has 2 aliphatic rings. The number of hydrogen-bond donors (Lipinski definition) is 1. The Morgan fingerprint density at radius 1 is 1.40 bits per heavy atom. The minimum atomic E-state index is -0.159. The number of hydrogen-bond acceptors (Lipinski definition) is 7. The van der Waals surface area contributed by atoms with Crippen molar-refractivity contribution in [1.82, 2.24) is 25.2 Å². The molecule has 4 heterocycles. The van der Waals surface area contributed by atoms with Crippen LogP contribution in [-0.2, 0) is 11.3 Å². The Balaban J connectivity index is 1.35. The maximum atomic E-state index is 12.3. The van der Waals surface area contributed by atoms with Gasteiger partial charge in [-0.05, 0) is 19.3 Å². The summed E-state index contributed by atoms with van der Waals surface area (Å²) in [6.07, 6.45) is 9.11. The molecule has 0 aliphatic carbocycles. The molecule has 132 valence electrons. The van der Waals surface area contributed by atoms with Gasteiger partial charge in [0, 0.05) is 49.7 Å². The van der Waals surface area contributed by atoms with Crippen LogP contribution in [0.5, 0.6) is 0 Å². The molecule has 0 saturated carbocycles. The molecule has 8 heteroatoms. The summed E-state index contributed by atoms with van der Waals surface area (Å²) in [6, 6.07) is 0.114. The van der Waals surface area contributed by atoms with Gasteiger partial charge in [0.2, 0.25) is 0 Å². The van der Waals surface area contributed by atoms with Gasteiger partial charge in [-0.1, -0.05) is 0 Å². The number of thiazole rings is 1. The Bertz CT molecular complexity index is 711. The second kappa shape index (κ2) is 7.15. The molecule has 0 unspecified atom stereocenters. The maximum absolute atomic E-state index is 12.3. The van der Waals surface area contributed by atoms with Gasteiger partial charge >= 0.3 is 0 Å². The molecule has 1 amide bonds. The average Bonchev–Trinajstić information content (AvgIpc) is 3.27. The summed E-state index contributed by atoms with van der Waals surface area (Å²) in [5, 5.41) is 6.25. The van der Waals surface area contributed by atoms with E-state index in [-0.39, 0.29) is 17.6 Å². The van der Waals surface area contributed by atoms with Crippen molar-refractivity contribution in [2.24, 2.45) is 0 Å². The van der Waals surface area contributed by atoms with Crippen LogP contribution in [0.3, 0.4) is 0 Å². The third-order valence-corrected chi connectivity index (χ3v) is 5.63. The third kappa shape index (κ3) is 3.86. The van der Waals surface area contributed by atoms with Gasteiger partial charge in [-0.2, -0.15) is 0 Å². The zero-order valence-corrected chi connectivity index (χ0v) is 14.7. The molecule has 0 aromatic carbocycles. The Morgan fingerprint density at radius 3 is 3.16 bits per heavy atom. The molecule has 0 bridgehead atoms. The van der Waals surface area contributed by atoms with E-state index in [0.717, 1.165) is 43.9 Å². The van der Waals surface area contributed by atoms with E-state index in [0.29, 0.717) is 12.3 Å². The molecule has 1 N–H and O–H groups in total. The van der Waals surface area contributed by atoms with Crippen molar-refractivity contribution < 1.29 is 9.53 Å². The van der Waals surface area contributed by atoms with Crippen LogP contribution in [0, 0.1) is 0 Å². The second-order valence-electron chi connectivity index (χ2n) is 6.67. The van der Waals surface area contributed by atoms with Gasteiger partial charge in [0.15, 0.2) is 0 Å². The van der Waals surface area contributed by atoms with Gasteiger partial charge < -0.3 is 10.1 Å². The molecule has 0 radical (unpaired) electrons. The minimum Gasteiger partial charge on any atom is -0.373 e. The van der Waals surface area contributed by atoms with E-state index in [4.69, 9.17) is 4.74 Å². The van der Waals surface area contributed by atoms with E-state index in [1.807, 2.05) is 11.6 Å². The minimum absolute atomic E-state index is 0.114. The number of ether oxygens (including phenoxy) is 1. The summed E-state index contributed by atoms with van der Waals surface area (Å²) < 4.78 is 6.16. The average molecular weight is 359 g/mol. The van der Waals surface area contributed by atoms with Crippen LogP contribution in [0.1, 0.15) is 34.8 Å². The highest BCUT2D eigenvalue weighted by Gasteiger charge is 2.43. The molecular formula is C17H21N5O2S. The number of likely N-dealkylation sites (tertiary alicyclic amines) is 1. The largest absolute Gasteiger partial charge is 0.373 e. The van der Waals surface area contributed by atoms with Crippen LogP contribution in [0.4, 0.5) is 0 Å². The number of rotatable bonds is 4. The molecule has 2 saturated heterocycles. The number of carbonyl (C=O) groups excluding carboxylic acids is 1. The highest BCUT2D eigenvalue weighted by Crippen LogP contribution is 2.35. The van der Waals surface area contributed by atoms with E-state index in [2.05, 4.69) is 25.2 Å². The van der Waals surface area contributed by atoms with Gasteiger partial charge in [0.1, 0.15) is 10.7 Å². The Labute approximate surface area is 150 Å². The normalized spacial score (nSPS) is 26.8. The van der Waals surface area contributed by atoms with Crippen molar-refractivity contribution in [3.63, 3.8) is 0 Å². The van der Waals surface area contributed by atoms with Crippen molar-refractivity contribution in [2.45, 2.75) is 37.5 Å². The Morgan fingerprint density at radius 2 is 2.36 bits per heavy atom. The van der Waals surface area contributed by atoms with Crippen molar-refractivity contribution in [2.75, 3.05) is 19.7 Å². The fourth-order valence-electron chi connectivity index (χ4n) is 3.70. The number of aromatic nitrogens is 3. The number of carbonyl (C=O) groups is 1. The third-order valence-electron chi connectivity index (χ3n) is 4.86. The van der Waals surface area contributed by atoms with Gasteiger partial charge in [-0.25, -0.2) is 9.97 Å². The highest BCUT2D eigenvalue weighted by atomic mass is 32.1. The van der Waals surface area contributed by atoms with Crippen molar-refractivity contribution >= 4 is 17.2 Å². The molecule has 25 heavy (non-hydrogen) atoms. The lowest BCUT2D eigenvalue weighted by Gasteiger charge is -2.38. The van der Waals surface area contributed by atoms with E-state index in [9.17, 15) is 4.79 Å². The summed E-state index contributed by atoms with van der Waals surface area (Å²) in [5.74, 6) is -0.159. The van der Waals surface area contributed by atoms with Crippen molar-refractivity contribution in [3.8, 4) is 0 Å². The van der Waals surface area contributed by atoms with Crippen LogP contribution in [-0.4, -0.2) is 57.1 Å². The second-order valence-corrected chi connectivity index (χ2v) is 7.65. The molecule has 2 fully saturated rings. The van der Waals surface area contributed by atoms with Crippen molar-refractivity contribution in [3.05, 3.63) is 40.9 Å². The summed E-state index contributed by atoms with van der Waals surface area (Å²) in [4.78, 5) is 27.1. The molecular weight excluding hydrogens is 338 g/mol. The number of amides is 1. The number of nitrogens with zero attached hydrogens (tertiary/aromatic N) is 4. The molecule has 2 aromatic heterocycles. The zero-order chi connectivity index (χ0) is 17.1. The SMILES string of the molecule is O=C(N[C@H]1CCO[C@@]2(CCN(Cc3nccs3)C2)C1)c1cnccn1. The van der Waals surface area contributed by atoms with E-state index in [1.54, 1.807) is 17.5 Å². The molecule has 2 atom stereocenters. The lowest BCUT2D eigenvalue weighted by Crippen LogP contribution is -2.50. The van der Waals surface area contributed by atoms with Crippen LogP contribution in [0.2, 0.25) is 0 Å². The summed E-state index contributed by atoms with van der Waals surface area (Å²) in [5.41, 5.74) is 0.204. The zero-order valence-electron chi connectivity index (χ0n) is 13.9. The summed E-state index contributed by atoms with van der Waals surface area (Å²) in [6.45, 7) is 3.45. The maximum Gasteiger partial charge on any atom is 0.271 e. The quantitative estimate of drug-likeness (QED) is 0.891. The Hall–Kier alpha value is -1.90. The fraction of sp³-hybridized carbons (Fsp3) is 0.529. The van der Waals surface area contributed by atoms with Gasteiger partial charge in [-0.15, -0.1) is 11.3 Å². The lowest BCUT2D eigenvalue weighted by atomic mass is 9.89. The smallest absolute Gasteiger partial charge is 0.271 e. The van der Waals surface area contributed by atoms with Gasteiger partial charge in [-0.3, -0.25) is 14.7 Å². The first-order valence-electron chi connectivity index (χ1n) is 8.54. The predicted molar refractivity (Wildman–Crippen MR) is 93.2 cm³/mol. The van der Waals surface area contributed by atoms with Gasteiger partial charge in [0.05, 0.1) is 18.3 Å². The summed E-state index contributed by atoms with van der Waals surface area (Å²) >= 11 is 1.69. The van der Waals surface area contributed by atoms with Crippen molar-refractivity contribution in [1.29, 1.82) is 0 Å². The standard InChI is InChI=1S/C17H21N5O2S/c23-16(14-10-18-3-4-19-14)21-13-1-7-24-17(9-13)2-6-22(12-17)11-15-20-5-8-25-15/h3-5,8,10,13H,1-2,6-7,9,11-12H2,(H,21,23)/t13-,17-/m0/s1. The van der Waals surface area contributed by atoms with Crippen LogP contribution in [0.25, 0.3) is 0 Å². The first kappa shape index (κ1) is 16.6. The highest BCUT2D eigenvalue weighted by molar-refractivity contribution is 7.09. The van der Waals surface area contributed by atoms with Gasteiger partial charge in [0.25, 0.3) is 5.91 Å². The summed E-state index contributed by atoms with van der Waals surface area (Å²) in [7, 11) is 0. The van der Waals surface area contributed by atoms with E-state index >= 15 is 0 Å². The van der Waals surface area contributed by atoms with Crippen LogP contribution in [0.15, 0.2) is 30.2 Å². The van der Waals surface area contributed by atoms with E-state index < -0.39 is 0 Å². The first-order valence-corrected chi connectivity index (χ1v) is 9.42. The topological polar surface area (TPSA) is 80.2 Å². The molecule has 2 aliphatic heterocycles. The van der Waals surface area contributed by atoms with Crippen LogP contribution < -0.4 is 5.32 Å². The lowest BCUT2D eigenvalue weighted by molar-refractivity contribution is -0.0793. The molecule has 2 aromatic rings. The predicted octanol–water partition coefficient (Wildman–Crippen LogP) is 1.49. The van der Waals surface area contributed by atoms with Crippen LogP contribution >= 0.6 is 11.3 Å². The number of nitrogens with one attached hydrogen (secondary N) is 1. The Kier molecular flexibility index (Phi) is 4.74. The van der Waals surface area contributed by atoms with E-state index in [1.165, 1.54) is 12.4 Å². The monoisotopic (exact) mass is 359 g/mol. The molecule has 1 spiro atoms. The fourth-order valence-corrected chi connectivity index (χ4v) is 4.35.